The molecule has 84 valence electrons. The van der Waals surface area contributed by atoms with Gasteiger partial charge in [0.05, 0.1) is 17.8 Å². The van der Waals surface area contributed by atoms with Crippen LogP contribution in [0.4, 0.5) is 0 Å². The van der Waals surface area contributed by atoms with Crippen molar-refractivity contribution in [2.75, 3.05) is 6.54 Å². The first-order valence-corrected chi connectivity index (χ1v) is 5.87. The summed E-state index contributed by atoms with van der Waals surface area (Å²) in [5.74, 6) is -0.281. The number of Topliss-reactive ketones (excluding diaryl/α,β-unsaturated/α-hetero) is 1. The molecule has 15 heavy (non-hydrogen) atoms. The Morgan fingerprint density at radius 3 is 2.67 bits per heavy atom. The van der Waals surface area contributed by atoms with Crippen LogP contribution < -0.4 is 4.72 Å². The molecule has 0 aliphatic heterocycles. The molecule has 1 aromatic heterocycles. The van der Waals surface area contributed by atoms with E-state index in [1.165, 1.54) is 20.2 Å². The number of ketones is 1. The highest BCUT2D eigenvalue weighted by Gasteiger charge is 2.22. The Morgan fingerprint density at radius 2 is 2.27 bits per heavy atom. The third-order valence-corrected chi connectivity index (χ3v) is 3.51. The van der Waals surface area contributed by atoms with E-state index in [1.54, 1.807) is 0 Å². The number of carbonyl (C=O) groups is 1. The van der Waals surface area contributed by atoms with Crippen molar-refractivity contribution in [3.8, 4) is 0 Å². The number of nitrogens with zero attached hydrogens (tertiary/aromatic N) is 2. The van der Waals surface area contributed by atoms with E-state index in [0.29, 0.717) is 0 Å². The first-order chi connectivity index (χ1) is 6.84. The van der Waals surface area contributed by atoms with Crippen LogP contribution >= 0.6 is 11.6 Å². The number of hydrogen-bond donors (Lipinski definition) is 1. The minimum absolute atomic E-state index is 0.0218. The summed E-state index contributed by atoms with van der Waals surface area (Å²) in [7, 11) is -2.32. The van der Waals surface area contributed by atoms with Crippen molar-refractivity contribution in [1.29, 1.82) is 0 Å². The summed E-state index contributed by atoms with van der Waals surface area (Å²) in [5, 5.41) is 3.56. The molecule has 0 spiro atoms. The molecule has 0 saturated heterocycles. The van der Waals surface area contributed by atoms with E-state index < -0.39 is 10.0 Å². The molecule has 0 amide bonds. The highest BCUT2D eigenvalue weighted by Crippen LogP contribution is 2.19. The van der Waals surface area contributed by atoms with E-state index >= 15 is 0 Å². The number of nitrogens with one attached hydrogen (secondary N) is 1. The zero-order valence-electron chi connectivity index (χ0n) is 8.19. The van der Waals surface area contributed by atoms with Crippen LogP contribution in [0.3, 0.4) is 0 Å². The highest BCUT2D eigenvalue weighted by molar-refractivity contribution is 7.89. The number of hydrogen-bond acceptors (Lipinski definition) is 4. The second-order valence-corrected chi connectivity index (χ2v) is 5.04. The maximum atomic E-state index is 11.6. The van der Waals surface area contributed by atoms with Gasteiger partial charge in [0.25, 0.3) is 10.0 Å². The Kier molecular flexibility index (Phi) is 3.48. The SMILES string of the molecule is CC(=O)CNS(=O)(=O)c1c(Cl)cnn1C. The number of aromatic nitrogens is 2. The molecule has 0 saturated carbocycles. The summed E-state index contributed by atoms with van der Waals surface area (Å²) in [5.41, 5.74) is 0. The first-order valence-electron chi connectivity index (χ1n) is 4.01. The van der Waals surface area contributed by atoms with Gasteiger partial charge in [-0.25, -0.2) is 13.1 Å². The second-order valence-electron chi connectivity index (χ2n) is 2.95. The van der Waals surface area contributed by atoms with E-state index in [-0.39, 0.29) is 22.4 Å². The average molecular weight is 252 g/mol. The Morgan fingerprint density at radius 1 is 1.67 bits per heavy atom. The fourth-order valence-electron chi connectivity index (χ4n) is 0.967. The lowest BCUT2D eigenvalue weighted by Gasteiger charge is -2.05. The molecule has 8 heteroatoms. The zero-order chi connectivity index (χ0) is 11.6. The van der Waals surface area contributed by atoms with Crippen molar-refractivity contribution >= 4 is 27.4 Å². The minimum atomic E-state index is -3.78. The Balaban J connectivity index is 3.01. The van der Waals surface area contributed by atoms with Gasteiger partial charge >= 0.3 is 0 Å². The normalized spacial score (nSPS) is 11.7. The van der Waals surface area contributed by atoms with E-state index in [1.807, 2.05) is 0 Å². The van der Waals surface area contributed by atoms with Crippen LogP contribution in [0.25, 0.3) is 0 Å². The molecule has 1 heterocycles. The third kappa shape index (κ3) is 2.77. The van der Waals surface area contributed by atoms with Crippen LogP contribution in [-0.2, 0) is 21.9 Å². The summed E-state index contributed by atoms with van der Waals surface area (Å²) >= 11 is 5.66. The summed E-state index contributed by atoms with van der Waals surface area (Å²) in [4.78, 5) is 10.6. The monoisotopic (exact) mass is 251 g/mol. The topological polar surface area (TPSA) is 81.1 Å². The van der Waals surface area contributed by atoms with Crippen molar-refractivity contribution in [3.05, 3.63) is 11.2 Å². The molecule has 6 nitrogen and oxygen atoms in total. The minimum Gasteiger partial charge on any atom is -0.299 e. The molecule has 0 aliphatic carbocycles. The lowest BCUT2D eigenvalue weighted by atomic mass is 10.5. The maximum Gasteiger partial charge on any atom is 0.259 e. The van der Waals surface area contributed by atoms with Crippen molar-refractivity contribution in [2.45, 2.75) is 11.9 Å². The van der Waals surface area contributed by atoms with Gasteiger partial charge in [-0.3, -0.25) is 9.48 Å². The fourth-order valence-corrected chi connectivity index (χ4v) is 2.67. The highest BCUT2D eigenvalue weighted by atomic mass is 35.5. The van der Waals surface area contributed by atoms with Gasteiger partial charge in [-0.15, -0.1) is 0 Å². The third-order valence-electron chi connectivity index (χ3n) is 1.61. The molecular weight excluding hydrogens is 242 g/mol. The van der Waals surface area contributed by atoms with Gasteiger partial charge in [-0.05, 0) is 6.92 Å². The van der Waals surface area contributed by atoms with Crippen LogP contribution in [0.5, 0.6) is 0 Å². The van der Waals surface area contributed by atoms with Crippen molar-refractivity contribution in [3.63, 3.8) is 0 Å². The van der Waals surface area contributed by atoms with Crippen LogP contribution in [0.15, 0.2) is 11.2 Å². The smallest absolute Gasteiger partial charge is 0.259 e. The summed E-state index contributed by atoms with van der Waals surface area (Å²) < 4.78 is 26.5. The quantitative estimate of drug-likeness (QED) is 0.813. The van der Waals surface area contributed by atoms with Gasteiger partial charge < -0.3 is 0 Å². The maximum absolute atomic E-state index is 11.6. The van der Waals surface area contributed by atoms with E-state index in [0.717, 1.165) is 4.68 Å². The lowest BCUT2D eigenvalue weighted by molar-refractivity contribution is -0.115. The van der Waals surface area contributed by atoms with Crippen LogP contribution in [-0.4, -0.2) is 30.5 Å². The van der Waals surface area contributed by atoms with Crippen LogP contribution in [0.1, 0.15) is 6.92 Å². The number of sulfonamides is 1. The Bertz CT molecular complexity index is 460. The molecule has 1 aromatic rings. The number of aryl methyl sites for hydroxylation is 1. The lowest BCUT2D eigenvalue weighted by Crippen LogP contribution is -2.30. The largest absolute Gasteiger partial charge is 0.299 e. The van der Waals surface area contributed by atoms with Crippen molar-refractivity contribution in [1.82, 2.24) is 14.5 Å². The number of carbonyl (C=O) groups excluding carboxylic acids is 1. The Labute approximate surface area is 92.3 Å². The van der Waals surface area contributed by atoms with Gasteiger partial charge in [-0.1, -0.05) is 11.6 Å². The predicted octanol–water partition coefficient (Wildman–Crippen LogP) is -0.0592. The molecule has 0 bridgehead atoms. The van der Waals surface area contributed by atoms with E-state index in [4.69, 9.17) is 11.6 Å². The molecule has 1 N–H and O–H groups in total. The van der Waals surface area contributed by atoms with Crippen LogP contribution in [0.2, 0.25) is 5.02 Å². The molecule has 0 fully saturated rings. The standard InChI is InChI=1S/C7H10ClN3O3S/c1-5(12)3-10-15(13,14)7-6(8)4-9-11(7)2/h4,10H,3H2,1-2H3. The van der Waals surface area contributed by atoms with Gasteiger partial charge in [0.1, 0.15) is 5.78 Å². The molecule has 0 aromatic carbocycles. The van der Waals surface area contributed by atoms with Crippen molar-refractivity contribution < 1.29 is 13.2 Å². The van der Waals surface area contributed by atoms with E-state index in [2.05, 4.69) is 9.82 Å². The Hall–Kier alpha value is -0.920. The van der Waals surface area contributed by atoms with Gasteiger partial charge in [0, 0.05) is 7.05 Å². The van der Waals surface area contributed by atoms with E-state index in [9.17, 15) is 13.2 Å². The molecule has 0 aliphatic rings. The number of halogens is 1. The number of rotatable bonds is 4. The average Bonchev–Trinajstić information content (AvgIpc) is 2.43. The summed E-state index contributed by atoms with van der Waals surface area (Å²) in [6.45, 7) is 1.03. The summed E-state index contributed by atoms with van der Waals surface area (Å²) in [6, 6.07) is 0. The fraction of sp³-hybridized carbons (Fsp3) is 0.429. The molecule has 1 rings (SSSR count). The zero-order valence-corrected chi connectivity index (χ0v) is 9.76. The van der Waals surface area contributed by atoms with Crippen molar-refractivity contribution in [2.24, 2.45) is 7.05 Å². The molecular formula is C7H10ClN3O3S. The second kappa shape index (κ2) is 4.30. The molecule has 0 unspecified atom stereocenters. The van der Waals surface area contributed by atoms with Gasteiger partial charge in [0.2, 0.25) is 0 Å². The predicted molar refractivity (Wildman–Crippen MR) is 54.1 cm³/mol. The molecule has 0 atom stereocenters. The van der Waals surface area contributed by atoms with Crippen LogP contribution in [0, 0.1) is 0 Å². The molecule has 0 radical (unpaired) electrons. The first kappa shape index (κ1) is 12.2. The summed E-state index contributed by atoms with van der Waals surface area (Å²) in [6.07, 6.45) is 1.23. The van der Waals surface area contributed by atoms with Gasteiger partial charge in [0.15, 0.2) is 5.03 Å². The van der Waals surface area contributed by atoms with Gasteiger partial charge in [-0.2, -0.15) is 5.10 Å².